The van der Waals surface area contributed by atoms with Crippen molar-refractivity contribution in [3.05, 3.63) is 47.3 Å². The molecule has 1 fully saturated rings. The van der Waals surface area contributed by atoms with Crippen LogP contribution in [0.3, 0.4) is 0 Å². The Bertz CT molecular complexity index is 1050. The SMILES string of the molecule is Cc1cc(C)cc(Nc2nccc(-c3nc(C(N)=O)c(NCC4CCCCC4)s3)n2)c1. The van der Waals surface area contributed by atoms with Crippen molar-refractivity contribution in [2.45, 2.75) is 46.0 Å². The number of nitrogens with two attached hydrogens (primary N) is 1. The van der Waals surface area contributed by atoms with Gasteiger partial charge in [0, 0.05) is 18.4 Å². The van der Waals surface area contributed by atoms with E-state index in [1.807, 2.05) is 12.1 Å². The Hall–Kier alpha value is -3.00. The van der Waals surface area contributed by atoms with Crippen LogP contribution in [-0.4, -0.2) is 27.4 Å². The Labute approximate surface area is 186 Å². The molecule has 162 valence electrons. The Morgan fingerprint density at radius 3 is 2.58 bits per heavy atom. The summed E-state index contributed by atoms with van der Waals surface area (Å²) < 4.78 is 0. The van der Waals surface area contributed by atoms with Gasteiger partial charge >= 0.3 is 0 Å². The first-order valence-electron chi connectivity index (χ1n) is 10.7. The van der Waals surface area contributed by atoms with Crippen LogP contribution < -0.4 is 16.4 Å². The fourth-order valence-electron chi connectivity index (χ4n) is 4.06. The molecular weight excluding hydrogens is 408 g/mol. The molecule has 2 heterocycles. The lowest BCUT2D eigenvalue weighted by Crippen LogP contribution is -2.19. The molecule has 1 aliphatic rings. The lowest BCUT2D eigenvalue weighted by Gasteiger charge is -2.21. The first-order valence-corrected chi connectivity index (χ1v) is 11.5. The van der Waals surface area contributed by atoms with Crippen molar-refractivity contribution in [2.75, 3.05) is 17.2 Å². The van der Waals surface area contributed by atoms with E-state index in [-0.39, 0.29) is 5.69 Å². The van der Waals surface area contributed by atoms with E-state index in [1.54, 1.807) is 12.3 Å². The molecule has 3 aromatic rings. The molecule has 8 heteroatoms. The molecule has 2 aromatic heterocycles. The molecule has 0 radical (unpaired) electrons. The minimum absolute atomic E-state index is 0.276. The van der Waals surface area contributed by atoms with Crippen LogP contribution in [0.2, 0.25) is 0 Å². The van der Waals surface area contributed by atoms with Crippen molar-refractivity contribution in [1.82, 2.24) is 15.0 Å². The zero-order chi connectivity index (χ0) is 21.8. The maximum Gasteiger partial charge on any atom is 0.270 e. The van der Waals surface area contributed by atoms with Crippen LogP contribution in [-0.2, 0) is 0 Å². The lowest BCUT2D eigenvalue weighted by atomic mass is 9.89. The minimum atomic E-state index is -0.531. The van der Waals surface area contributed by atoms with Gasteiger partial charge < -0.3 is 16.4 Å². The fourth-order valence-corrected chi connectivity index (χ4v) is 5.01. The molecule has 1 saturated carbocycles. The van der Waals surface area contributed by atoms with Gasteiger partial charge in [-0.3, -0.25) is 4.79 Å². The van der Waals surface area contributed by atoms with Crippen LogP contribution in [0, 0.1) is 19.8 Å². The fraction of sp³-hybridized carbons (Fsp3) is 0.391. The van der Waals surface area contributed by atoms with Gasteiger partial charge in [0.1, 0.15) is 15.7 Å². The summed E-state index contributed by atoms with van der Waals surface area (Å²) >= 11 is 1.41. The monoisotopic (exact) mass is 436 g/mol. The van der Waals surface area contributed by atoms with Crippen molar-refractivity contribution in [1.29, 1.82) is 0 Å². The normalized spacial score (nSPS) is 14.4. The van der Waals surface area contributed by atoms with Crippen LogP contribution in [0.1, 0.15) is 53.7 Å². The average molecular weight is 437 g/mol. The minimum Gasteiger partial charge on any atom is -0.375 e. The smallest absolute Gasteiger partial charge is 0.270 e. The summed E-state index contributed by atoms with van der Waals surface area (Å²) in [4.78, 5) is 25.4. The summed E-state index contributed by atoms with van der Waals surface area (Å²) in [6.07, 6.45) is 8.02. The number of benzene rings is 1. The van der Waals surface area contributed by atoms with Crippen molar-refractivity contribution >= 4 is 33.9 Å². The van der Waals surface area contributed by atoms with Crippen molar-refractivity contribution in [3.8, 4) is 10.7 Å². The average Bonchev–Trinajstić information content (AvgIpc) is 3.17. The molecule has 0 atom stereocenters. The number of anilines is 3. The van der Waals surface area contributed by atoms with Crippen LogP contribution in [0.5, 0.6) is 0 Å². The van der Waals surface area contributed by atoms with Crippen LogP contribution >= 0.6 is 11.3 Å². The van der Waals surface area contributed by atoms with E-state index in [4.69, 9.17) is 5.73 Å². The van der Waals surface area contributed by atoms with Crippen molar-refractivity contribution in [3.63, 3.8) is 0 Å². The molecule has 1 aromatic carbocycles. The Morgan fingerprint density at radius 2 is 1.87 bits per heavy atom. The van der Waals surface area contributed by atoms with Crippen molar-refractivity contribution in [2.24, 2.45) is 11.7 Å². The van der Waals surface area contributed by atoms with E-state index in [9.17, 15) is 4.79 Å². The number of hydrogen-bond donors (Lipinski definition) is 3. The lowest BCUT2D eigenvalue weighted by molar-refractivity contribution is 0.0997. The number of carbonyl (C=O) groups excluding carboxylic acids is 1. The Balaban J connectivity index is 1.54. The predicted octanol–water partition coefficient (Wildman–Crippen LogP) is 5.05. The third-order valence-corrected chi connectivity index (χ3v) is 6.52. The predicted molar refractivity (Wildman–Crippen MR) is 126 cm³/mol. The zero-order valence-corrected chi connectivity index (χ0v) is 18.8. The highest BCUT2D eigenvalue weighted by Crippen LogP contribution is 2.33. The van der Waals surface area contributed by atoms with Gasteiger partial charge in [-0.15, -0.1) is 0 Å². The van der Waals surface area contributed by atoms with Gasteiger partial charge in [-0.1, -0.05) is 36.7 Å². The van der Waals surface area contributed by atoms with Gasteiger partial charge in [-0.2, -0.15) is 0 Å². The second-order valence-electron chi connectivity index (χ2n) is 8.21. The Morgan fingerprint density at radius 1 is 1.13 bits per heavy atom. The number of rotatable bonds is 7. The molecule has 4 rings (SSSR count). The first kappa shape index (κ1) is 21.2. The van der Waals surface area contributed by atoms with Gasteiger partial charge in [0.2, 0.25) is 5.95 Å². The number of nitrogens with one attached hydrogen (secondary N) is 2. The standard InChI is InChI=1S/C23H28N6OS/c1-14-10-15(2)12-17(11-14)27-23-25-9-8-18(28-23)21-29-19(20(24)30)22(31-21)26-13-16-6-4-3-5-7-16/h8-12,16,26H,3-7,13H2,1-2H3,(H2,24,30)(H,25,27,28). The molecule has 0 bridgehead atoms. The number of aromatic nitrogens is 3. The molecule has 1 amide bonds. The summed E-state index contributed by atoms with van der Waals surface area (Å²) in [6.45, 7) is 4.95. The maximum atomic E-state index is 12.0. The highest BCUT2D eigenvalue weighted by molar-refractivity contribution is 7.19. The molecule has 0 unspecified atom stereocenters. The highest BCUT2D eigenvalue weighted by atomic mass is 32.1. The van der Waals surface area contributed by atoms with E-state index >= 15 is 0 Å². The molecule has 0 spiro atoms. The quantitative estimate of drug-likeness (QED) is 0.478. The molecular formula is C23H28N6OS. The molecule has 0 aliphatic heterocycles. The summed E-state index contributed by atoms with van der Waals surface area (Å²) in [5.74, 6) is 0.582. The van der Waals surface area contributed by atoms with Crippen molar-refractivity contribution < 1.29 is 4.79 Å². The molecule has 7 nitrogen and oxygen atoms in total. The Kier molecular flexibility index (Phi) is 6.46. The van der Waals surface area contributed by atoms with E-state index in [0.717, 1.165) is 17.2 Å². The summed E-state index contributed by atoms with van der Waals surface area (Å²) in [5.41, 5.74) is 9.79. The van der Waals surface area contributed by atoms with Gasteiger partial charge in [0.05, 0.1) is 0 Å². The van der Waals surface area contributed by atoms with E-state index in [0.29, 0.717) is 22.6 Å². The maximum absolute atomic E-state index is 12.0. The van der Waals surface area contributed by atoms with Gasteiger partial charge in [0.15, 0.2) is 5.69 Å². The number of carbonyl (C=O) groups is 1. The molecule has 4 N–H and O–H groups in total. The molecule has 1 aliphatic carbocycles. The third-order valence-electron chi connectivity index (χ3n) is 5.49. The van der Waals surface area contributed by atoms with Crippen LogP contribution in [0.4, 0.5) is 16.6 Å². The van der Waals surface area contributed by atoms with E-state index < -0.39 is 5.91 Å². The van der Waals surface area contributed by atoms with Gasteiger partial charge in [0.25, 0.3) is 5.91 Å². The van der Waals surface area contributed by atoms with E-state index in [1.165, 1.54) is 54.6 Å². The molecule has 31 heavy (non-hydrogen) atoms. The topological polar surface area (TPSA) is 106 Å². The summed E-state index contributed by atoms with van der Waals surface area (Å²) in [7, 11) is 0. The number of aryl methyl sites for hydroxylation is 2. The largest absolute Gasteiger partial charge is 0.375 e. The zero-order valence-electron chi connectivity index (χ0n) is 17.9. The summed E-state index contributed by atoms with van der Waals surface area (Å²) in [5, 5.41) is 8.04. The number of amides is 1. The first-order chi connectivity index (χ1) is 15.0. The van der Waals surface area contributed by atoms with Crippen LogP contribution in [0.25, 0.3) is 10.7 Å². The summed E-state index contributed by atoms with van der Waals surface area (Å²) in [6, 6.07) is 8.00. The van der Waals surface area contributed by atoms with E-state index in [2.05, 4.69) is 45.5 Å². The number of thiazole rings is 1. The number of nitrogens with zero attached hydrogens (tertiary/aromatic N) is 3. The molecule has 0 saturated heterocycles. The van der Waals surface area contributed by atoms with Gasteiger partial charge in [-0.25, -0.2) is 15.0 Å². The second kappa shape index (κ2) is 9.43. The number of hydrogen-bond acceptors (Lipinski definition) is 7. The van der Waals surface area contributed by atoms with Crippen LogP contribution in [0.15, 0.2) is 30.5 Å². The second-order valence-corrected chi connectivity index (χ2v) is 9.21. The third kappa shape index (κ3) is 5.38. The highest BCUT2D eigenvalue weighted by Gasteiger charge is 2.20. The number of primary amides is 1. The van der Waals surface area contributed by atoms with Gasteiger partial charge in [-0.05, 0) is 61.9 Å².